The number of benzene rings is 1. The van der Waals surface area contributed by atoms with Gasteiger partial charge in [0.15, 0.2) is 0 Å². The third-order valence-electron chi connectivity index (χ3n) is 2.45. The number of nitrogens with zero attached hydrogens (tertiary/aromatic N) is 1. The molecule has 0 heterocycles. The molecule has 0 aliphatic heterocycles. The van der Waals surface area contributed by atoms with E-state index in [1.165, 1.54) is 5.56 Å². The Morgan fingerprint density at radius 3 is 2.06 bits per heavy atom. The monoisotopic (exact) mass is 293 g/mol. The van der Waals surface area contributed by atoms with E-state index in [4.69, 9.17) is 0 Å². The number of hydrogen-bond acceptors (Lipinski definition) is 1. The molecule has 0 aliphatic rings. The quantitative estimate of drug-likeness (QED) is 0.546. The molecule has 1 rings (SSSR count). The molecule has 0 atom stereocenters. The van der Waals surface area contributed by atoms with Crippen LogP contribution in [0.2, 0.25) is 0 Å². The zero-order valence-corrected chi connectivity index (χ0v) is 13.7. The normalized spacial score (nSPS) is 10.2. The van der Waals surface area contributed by atoms with Gasteiger partial charge in [0.25, 0.3) is 0 Å². The van der Waals surface area contributed by atoms with Crippen molar-refractivity contribution in [1.29, 1.82) is 0 Å². The van der Waals surface area contributed by atoms with Crippen molar-refractivity contribution in [2.45, 2.75) is 46.3 Å². The van der Waals surface area contributed by atoms with Crippen molar-refractivity contribution in [2.24, 2.45) is 0 Å². The number of hydrogen-bond donors (Lipinski definition) is 0. The van der Waals surface area contributed by atoms with Crippen LogP contribution in [0.5, 0.6) is 0 Å². The molecule has 0 radical (unpaired) electrons. The SMILES string of the molecule is CC(C)N(Cc1[c-]cccc1)C(C)C.[Br-].[Mg+2]. The van der Waals surface area contributed by atoms with E-state index >= 15 is 0 Å². The first-order valence-corrected chi connectivity index (χ1v) is 5.32. The van der Waals surface area contributed by atoms with Gasteiger partial charge in [0.05, 0.1) is 0 Å². The fourth-order valence-corrected chi connectivity index (χ4v) is 1.69. The number of rotatable bonds is 4. The van der Waals surface area contributed by atoms with E-state index in [0.29, 0.717) is 12.1 Å². The van der Waals surface area contributed by atoms with Crippen molar-refractivity contribution in [2.75, 3.05) is 0 Å². The summed E-state index contributed by atoms with van der Waals surface area (Å²) in [5.41, 5.74) is 1.27. The predicted molar refractivity (Wildman–Crippen MR) is 66.8 cm³/mol. The van der Waals surface area contributed by atoms with E-state index in [-0.39, 0.29) is 40.0 Å². The molecule has 0 unspecified atom stereocenters. The molecule has 0 saturated heterocycles. The molecule has 0 aromatic heterocycles. The third-order valence-corrected chi connectivity index (χ3v) is 2.45. The fourth-order valence-electron chi connectivity index (χ4n) is 1.69. The van der Waals surface area contributed by atoms with Crippen molar-refractivity contribution in [1.82, 2.24) is 4.90 Å². The summed E-state index contributed by atoms with van der Waals surface area (Å²) in [6.45, 7) is 9.95. The Bertz CT molecular complexity index is 254. The van der Waals surface area contributed by atoms with Gasteiger partial charge in [0, 0.05) is 18.6 Å². The van der Waals surface area contributed by atoms with Gasteiger partial charge >= 0.3 is 23.1 Å². The first kappa shape index (κ1) is 18.8. The summed E-state index contributed by atoms with van der Waals surface area (Å²) in [4.78, 5) is 2.46. The van der Waals surface area contributed by atoms with Crippen LogP contribution in [-0.2, 0) is 6.54 Å². The molecule has 0 saturated carbocycles. The minimum absolute atomic E-state index is 0. The first-order chi connectivity index (χ1) is 6.61. The molecule has 0 amide bonds. The van der Waals surface area contributed by atoms with Crippen molar-refractivity contribution in [3.8, 4) is 0 Å². The van der Waals surface area contributed by atoms with Crippen LogP contribution >= 0.6 is 0 Å². The second-order valence-electron chi connectivity index (χ2n) is 4.25. The maximum Gasteiger partial charge on any atom is 2.00 e. The molecule has 0 fully saturated rings. The molecular formula is C13H20BrMgN. The van der Waals surface area contributed by atoms with Gasteiger partial charge in [-0.3, -0.25) is 4.90 Å². The van der Waals surface area contributed by atoms with Gasteiger partial charge in [-0.25, -0.2) is 0 Å². The van der Waals surface area contributed by atoms with Crippen LogP contribution in [0.25, 0.3) is 0 Å². The van der Waals surface area contributed by atoms with E-state index in [1.807, 2.05) is 12.1 Å². The van der Waals surface area contributed by atoms with Gasteiger partial charge in [-0.05, 0) is 27.7 Å². The third kappa shape index (κ3) is 6.23. The Balaban J connectivity index is 0. The summed E-state index contributed by atoms with van der Waals surface area (Å²) in [6, 6.07) is 12.6. The zero-order valence-electron chi connectivity index (χ0n) is 10.7. The summed E-state index contributed by atoms with van der Waals surface area (Å²) in [5, 5.41) is 0. The largest absolute Gasteiger partial charge is 2.00 e. The van der Waals surface area contributed by atoms with Gasteiger partial charge in [-0.1, -0.05) is 0 Å². The van der Waals surface area contributed by atoms with Crippen molar-refractivity contribution in [3.05, 3.63) is 35.9 Å². The molecule has 0 bridgehead atoms. The fraction of sp³-hybridized carbons (Fsp3) is 0.538. The summed E-state index contributed by atoms with van der Waals surface area (Å²) in [6.07, 6.45) is 0. The Morgan fingerprint density at radius 1 is 1.12 bits per heavy atom. The molecule has 86 valence electrons. The summed E-state index contributed by atoms with van der Waals surface area (Å²) >= 11 is 0. The van der Waals surface area contributed by atoms with Crippen LogP contribution in [0.15, 0.2) is 24.3 Å². The van der Waals surface area contributed by atoms with Crippen LogP contribution in [0, 0.1) is 6.07 Å². The molecule has 3 heteroatoms. The van der Waals surface area contributed by atoms with Gasteiger partial charge in [0.2, 0.25) is 0 Å². The predicted octanol–water partition coefficient (Wildman–Crippen LogP) is -0.271. The summed E-state index contributed by atoms with van der Waals surface area (Å²) in [7, 11) is 0. The number of halogens is 1. The molecule has 16 heavy (non-hydrogen) atoms. The van der Waals surface area contributed by atoms with E-state index < -0.39 is 0 Å². The Hall–Kier alpha value is 0.426. The smallest absolute Gasteiger partial charge is 1.00 e. The van der Waals surface area contributed by atoms with Crippen LogP contribution in [0.4, 0.5) is 0 Å². The van der Waals surface area contributed by atoms with Crippen LogP contribution < -0.4 is 17.0 Å². The topological polar surface area (TPSA) is 3.24 Å². The van der Waals surface area contributed by atoms with Crippen molar-refractivity contribution >= 4 is 23.1 Å². The maximum absolute atomic E-state index is 3.27. The van der Waals surface area contributed by atoms with E-state index in [2.05, 4.69) is 50.8 Å². The second-order valence-corrected chi connectivity index (χ2v) is 4.25. The minimum atomic E-state index is 0. The van der Waals surface area contributed by atoms with Gasteiger partial charge in [-0.2, -0.15) is 30.3 Å². The Labute approximate surface area is 127 Å². The van der Waals surface area contributed by atoms with E-state index in [9.17, 15) is 0 Å². The molecule has 1 aromatic carbocycles. The van der Waals surface area contributed by atoms with Crippen molar-refractivity contribution < 1.29 is 17.0 Å². The second kappa shape index (κ2) is 9.46. The molecule has 1 aromatic rings. The van der Waals surface area contributed by atoms with Gasteiger partial charge in [0.1, 0.15) is 0 Å². The Kier molecular flexibility index (Phi) is 11.1. The molecule has 0 spiro atoms. The molecule has 0 aliphatic carbocycles. The molecule has 1 nitrogen and oxygen atoms in total. The average Bonchev–Trinajstić information content (AvgIpc) is 2.15. The van der Waals surface area contributed by atoms with Crippen LogP contribution in [0.1, 0.15) is 33.3 Å². The standard InChI is InChI=1S/C13H20N.BrH.Mg/c1-11(2)14(12(3)4)10-13-8-6-5-7-9-13;;/h5-8,11-12H,10H2,1-4H3;1H;/q-1;;+2/p-1. The van der Waals surface area contributed by atoms with Crippen molar-refractivity contribution in [3.63, 3.8) is 0 Å². The zero-order chi connectivity index (χ0) is 10.6. The first-order valence-electron chi connectivity index (χ1n) is 5.32. The molecular weight excluding hydrogens is 274 g/mol. The summed E-state index contributed by atoms with van der Waals surface area (Å²) < 4.78 is 0. The van der Waals surface area contributed by atoms with E-state index in [0.717, 1.165) is 6.54 Å². The average molecular weight is 295 g/mol. The molecule has 0 N–H and O–H groups in total. The Morgan fingerprint density at radius 2 is 1.69 bits per heavy atom. The maximum atomic E-state index is 3.27. The van der Waals surface area contributed by atoms with Crippen LogP contribution in [0.3, 0.4) is 0 Å². The van der Waals surface area contributed by atoms with Crippen LogP contribution in [-0.4, -0.2) is 40.0 Å². The van der Waals surface area contributed by atoms with E-state index in [1.54, 1.807) is 0 Å². The minimum Gasteiger partial charge on any atom is -1.00 e. The van der Waals surface area contributed by atoms with Gasteiger partial charge < -0.3 is 17.0 Å². The summed E-state index contributed by atoms with van der Waals surface area (Å²) in [5.74, 6) is 0. The van der Waals surface area contributed by atoms with Gasteiger partial charge in [-0.15, -0.1) is 5.56 Å².